The number of amides is 1. The van der Waals surface area contributed by atoms with Gasteiger partial charge in [-0.05, 0) is 40.8 Å². The number of nitrogens with one attached hydrogen (secondary N) is 2. The highest BCUT2D eigenvalue weighted by Gasteiger charge is 2.19. The standard InChI is InChI=1S/C17H25N3O5.C8H9N5/c1-10(2)7-12(16(22)23)19-17(18)20-15(21)9-11-5-6-13(24-3)14(8-11)25-4;9-5-6-1-3-7(4-2-6)8-10-12-13-11-8/h5-6,8,10,12H,7,9H2,1-4H3,(H,22,23)(H3,18,19,20,21);1-4H,5,9H2,(H,10,11,12,13). The minimum Gasteiger partial charge on any atom is -0.493 e. The normalized spacial score (nSPS) is 11.8. The molecule has 1 aromatic heterocycles. The van der Waals surface area contributed by atoms with Gasteiger partial charge < -0.3 is 26.0 Å². The molecule has 0 saturated heterocycles. The number of carbonyl (C=O) groups excluding carboxylic acids is 1. The van der Waals surface area contributed by atoms with E-state index in [1.165, 1.54) is 14.2 Å². The summed E-state index contributed by atoms with van der Waals surface area (Å²) < 4.78 is 10.3. The van der Waals surface area contributed by atoms with E-state index in [-0.39, 0.29) is 18.3 Å². The van der Waals surface area contributed by atoms with Crippen molar-refractivity contribution in [2.45, 2.75) is 39.3 Å². The van der Waals surface area contributed by atoms with Gasteiger partial charge in [0.25, 0.3) is 0 Å². The average Bonchev–Trinajstić information content (AvgIpc) is 3.43. The summed E-state index contributed by atoms with van der Waals surface area (Å²) in [4.78, 5) is 27.1. The van der Waals surface area contributed by atoms with E-state index in [2.05, 4.69) is 30.9 Å². The second-order valence-electron chi connectivity index (χ2n) is 8.55. The number of hydrogen-bond acceptors (Lipinski definition) is 9. The molecular weight excluding hydrogens is 492 g/mol. The van der Waals surface area contributed by atoms with Gasteiger partial charge in [0.15, 0.2) is 23.5 Å². The van der Waals surface area contributed by atoms with Crippen LogP contribution >= 0.6 is 0 Å². The average molecular weight is 527 g/mol. The van der Waals surface area contributed by atoms with Gasteiger partial charge in [-0.15, -0.1) is 10.2 Å². The number of guanidine groups is 1. The molecule has 1 heterocycles. The third kappa shape index (κ3) is 9.50. The van der Waals surface area contributed by atoms with Crippen LogP contribution in [0.25, 0.3) is 11.4 Å². The highest BCUT2D eigenvalue weighted by Crippen LogP contribution is 2.27. The van der Waals surface area contributed by atoms with E-state index in [1.54, 1.807) is 18.2 Å². The second kappa shape index (κ2) is 14.9. The third-order valence-corrected chi connectivity index (χ3v) is 5.15. The monoisotopic (exact) mass is 526 g/mol. The van der Waals surface area contributed by atoms with Crippen LogP contribution in [0.3, 0.4) is 0 Å². The number of methoxy groups -OCH3 is 2. The molecular formula is C25H34N8O5. The summed E-state index contributed by atoms with van der Waals surface area (Å²) in [6.45, 7) is 4.32. The number of benzene rings is 2. The van der Waals surface area contributed by atoms with E-state index in [1.807, 2.05) is 38.1 Å². The van der Waals surface area contributed by atoms with Gasteiger partial charge in [-0.3, -0.25) is 10.1 Å². The molecule has 1 amide bonds. The number of aromatic nitrogens is 4. The van der Waals surface area contributed by atoms with Crippen LogP contribution in [0.4, 0.5) is 0 Å². The van der Waals surface area contributed by atoms with Crippen molar-refractivity contribution < 1.29 is 24.2 Å². The zero-order valence-corrected chi connectivity index (χ0v) is 21.8. The lowest BCUT2D eigenvalue weighted by Gasteiger charge is -2.12. The predicted molar refractivity (Wildman–Crippen MR) is 141 cm³/mol. The lowest BCUT2D eigenvalue weighted by Crippen LogP contribution is -2.39. The van der Waals surface area contributed by atoms with Gasteiger partial charge in [-0.1, -0.05) is 44.2 Å². The first-order valence-electron chi connectivity index (χ1n) is 11.8. The molecule has 1 unspecified atom stereocenters. The van der Waals surface area contributed by atoms with Crippen molar-refractivity contribution in [2.75, 3.05) is 14.2 Å². The Kier molecular flexibility index (Phi) is 11.6. The Balaban J connectivity index is 0.000000323. The zero-order valence-electron chi connectivity index (χ0n) is 21.8. The second-order valence-corrected chi connectivity index (χ2v) is 8.55. The van der Waals surface area contributed by atoms with Crippen LogP contribution in [0, 0.1) is 5.92 Å². The predicted octanol–water partition coefficient (Wildman–Crippen LogP) is 1.50. The van der Waals surface area contributed by atoms with Crippen LogP contribution in [0.5, 0.6) is 11.5 Å². The van der Waals surface area contributed by atoms with Crippen molar-refractivity contribution in [3.05, 3.63) is 53.6 Å². The maximum absolute atomic E-state index is 12.1. The van der Waals surface area contributed by atoms with Crippen molar-refractivity contribution >= 4 is 17.8 Å². The Morgan fingerprint density at radius 2 is 1.74 bits per heavy atom. The zero-order chi connectivity index (χ0) is 28.1. The molecule has 204 valence electrons. The number of nitrogens with two attached hydrogens (primary N) is 2. The lowest BCUT2D eigenvalue weighted by molar-refractivity contribution is -0.138. The lowest BCUT2D eigenvalue weighted by atomic mass is 10.0. The number of carboxylic acid groups (broad SMARTS) is 1. The van der Waals surface area contributed by atoms with Crippen LogP contribution in [0.15, 0.2) is 47.5 Å². The van der Waals surface area contributed by atoms with Crippen LogP contribution < -0.4 is 26.3 Å². The first kappa shape index (κ1) is 29.7. The third-order valence-electron chi connectivity index (χ3n) is 5.15. The molecule has 38 heavy (non-hydrogen) atoms. The minimum atomic E-state index is -1.08. The van der Waals surface area contributed by atoms with E-state index in [0.717, 1.165) is 11.1 Å². The van der Waals surface area contributed by atoms with Crippen molar-refractivity contribution in [1.29, 1.82) is 0 Å². The Labute approximate surface area is 220 Å². The molecule has 0 fully saturated rings. The van der Waals surface area contributed by atoms with Gasteiger partial charge in [0, 0.05) is 12.1 Å². The number of tetrazole rings is 1. The molecule has 0 spiro atoms. The van der Waals surface area contributed by atoms with Gasteiger partial charge in [-0.25, -0.2) is 9.79 Å². The van der Waals surface area contributed by atoms with E-state index in [4.69, 9.17) is 26.0 Å². The fourth-order valence-electron chi connectivity index (χ4n) is 3.29. The van der Waals surface area contributed by atoms with E-state index < -0.39 is 17.9 Å². The number of ether oxygens (including phenoxy) is 2. The molecule has 0 aliphatic heterocycles. The maximum Gasteiger partial charge on any atom is 0.328 e. The van der Waals surface area contributed by atoms with Gasteiger partial charge in [-0.2, -0.15) is 5.21 Å². The number of carbonyl (C=O) groups is 2. The van der Waals surface area contributed by atoms with Crippen molar-refractivity contribution in [3.63, 3.8) is 0 Å². The largest absolute Gasteiger partial charge is 0.493 e. The van der Waals surface area contributed by atoms with E-state index >= 15 is 0 Å². The number of hydrogen-bond donors (Lipinski definition) is 5. The molecule has 13 nitrogen and oxygen atoms in total. The molecule has 3 aromatic rings. The summed E-state index contributed by atoms with van der Waals surface area (Å²) in [5.74, 6) is 0.123. The van der Waals surface area contributed by atoms with Crippen molar-refractivity contribution in [1.82, 2.24) is 25.9 Å². The summed E-state index contributed by atoms with van der Waals surface area (Å²) in [6, 6.07) is 11.9. The topological polar surface area (TPSA) is 204 Å². The summed E-state index contributed by atoms with van der Waals surface area (Å²) in [5.41, 5.74) is 13.8. The highest BCUT2D eigenvalue weighted by atomic mass is 16.5. The van der Waals surface area contributed by atoms with E-state index in [0.29, 0.717) is 35.9 Å². The summed E-state index contributed by atoms with van der Waals surface area (Å²) in [6.07, 6.45) is 0.375. The summed E-state index contributed by atoms with van der Waals surface area (Å²) in [7, 11) is 3.03. The van der Waals surface area contributed by atoms with E-state index in [9.17, 15) is 9.59 Å². The van der Waals surface area contributed by atoms with Crippen LogP contribution in [-0.4, -0.2) is 63.8 Å². The van der Waals surface area contributed by atoms with Crippen LogP contribution in [0.1, 0.15) is 31.4 Å². The molecule has 0 saturated carbocycles. The first-order valence-corrected chi connectivity index (χ1v) is 11.8. The molecule has 0 radical (unpaired) electrons. The molecule has 2 aromatic carbocycles. The summed E-state index contributed by atoms with van der Waals surface area (Å²) in [5, 5.41) is 25.2. The molecule has 1 atom stereocenters. The number of aromatic amines is 1. The van der Waals surface area contributed by atoms with Gasteiger partial charge in [0.05, 0.1) is 20.6 Å². The molecule has 3 rings (SSSR count). The number of aliphatic imine (C=N–C) groups is 1. The number of aliphatic carboxylic acids is 1. The molecule has 0 aliphatic carbocycles. The number of H-pyrrole nitrogens is 1. The van der Waals surface area contributed by atoms with Gasteiger partial charge in [0.1, 0.15) is 0 Å². The Morgan fingerprint density at radius 3 is 2.26 bits per heavy atom. The van der Waals surface area contributed by atoms with Crippen molar-refractivity contribution in [2.24, 2.45) is 22.4 Å². The Bertz CT molecular complexity index is 1200. The fraction of sp³-hybridized carbons (Fsp3) is 0.360. The van der Waals surface area contributed by atoms with Gasteiger partial charge >= 0.3 is 5.97 Å². The van der Waals surface area contributed by atoms with Crippen LogP contribution in [0.2, 0.25) is 0 Å². The summed E-state index contributed by atoms with van der Waals surface area (Å²) >= 11 is 0. The van der Waals surface area contributed by atoms with Crippen LogP contribution in [-0.2, 0) is 22.6 Å². The molecule has 13 heteroatoms. The number of rotatable bonds is 10. The fourth-order valence-corrected chi connectivity index (χ4v) is 3.29. The molecule has 7 N–H and O–H groups in total. The number of carboxylic acids is 1. The SMILES string of the molecule is COc1ccc(CC(=O)NC(N)=NC(CC(C)C)C(=O)O)cc1OC.NCc1ccc(-c2nn[nH]n2)cc1. The van der Waals surface area contributed by atoms with Crippen molar-refractivity contribution in [3.8, 4) is 22.9 Å². The van der Waals surface area contributed by atoms with Gasteiger partial charge in [0.2, 0.25) is 11.7 Å². The highest BCUT2D eigenvalue weighted by molar-refractivity contribution is 5.97. The number of nitrogens with zero attached hydrogens (tertiary/aromatic N) is 4. The quantitative estimate of drug-likeness (QED) is 0.190. The minimum absolute atomic E-state index is 0.0402. The Morgan fingerprint density at radius 1 is 1.08 bits per heavy atom. The Hall–Kier alpha value is -4.52. The molecule has 0 bridgehead atoms. The molecule has 0 aliphatic rings. The first-order chi connectivity index (χ1) is 18.2. The smallest absolute Gasteiger partial charge is 0.328 e. The maximum atomic E-state index is 12.1.